The largest absolute Gasteiger partial charge is 0.477 e. The summed E-state index contributed by atoms with van der Waals surface area (Å²) in [6.07, 6.45) is 0. The second kappa shape index (κ2) is 4.21. The lowest BCUT2D eigenvalue weighted by molar-refractivity contribution is 0.0702. The summed E-state index contributed by atoms with van der Waals surface area (Å²) in [5.74, 6) is -2.71. The number of aryl methyl sites for hydroxylation is 1. The Morgan fingerprint density at radius 3 is 2.71 bits per heavy atom. The Labute approximate surface area is 99.4 Å². The van der Waals surface area contributed by atoms with Crippen molar-refractivity contribution in [3.8, 4) is 11.3 Å². The third kappa shape index (κ3) is 2.16. The van der Waals surface area contributed by atoms with Gasteiger partial charge in [0.1, 0.15) is 16.5 Å². The monoisotopic (exact) mass is 255 g/mol. The number of halogens is 2. The Kier molecular flexibility index (Phi) is 2.89. The molecule has 0 saturated carbocycles. The summed E-state index contributed by atoms with van der Waals surface area (Å²) >= 11 is 0.959. The third-order valence-electron chi connectivity index (χ3n) is 2.11. The second-order valence-electron chi connectivity index (χ2n) is 3.34. The number of carbonyl (C=O) groups is 1. The Balaban J connectivity index is 2.63. The molecule has 1 N–H and O–H groups in total. The van der Waals surface area contributed by atoms with Gasteiger partial charge in [0.25, 0.3) is 0 Å². The molecule has 2 aromatic rings. The molecular weight excluding hydrogens is 248 g/mol. The molecule has 0 saturated heterocycles. The van der Waals surface area contributed by atoms with E-state index in [2.05, 4.69) is 4.98 Å². The quantitative estimate of drug-likeness (QED) is 0.897. The van der Waals surface area contributed by atoms with Crippen molar-refractivity contribution < 1.29 is 18.7 Å². The standard InChI is InChI=1S/C11H7F2NO2S/c1-5-14-9(10(17-5)11(15)16)7-3-2-6(12)4-8(7)13/h2-4H,1H3,(H,15,16). The highest BCUT2D eigenvalue weighted by Crippen LogP contribution is 2.30. The van der Waals surface area contributed by atoms with E-state index >= 15 is 0 Å². The van der Waals surface area contributed by atoms with Crippen molar-refractivity contribution >= 4 is 17.3 Å². The molecule has 0 aliphatic rings. The van der Waals surface area contributed by atoms with Crippen LogP contribution in [0.25, 0.3) is 11.3 Å². The number of thiazole rings is 1. The molecule has 1 heterocycles. The molecule has 0 amide bonds. The zero-order chi connectivity index (χ0) is 12.6. The summed E-state index contributed by atoms with van der Waals surface area (Å²) in [6.45, 7) is 1.63. The number of rotatable bonds is 2. The summed E-state index contributed by atoms with van der Waals surface area (Å²) in [5.41, 5.74) is 0.0330. The average molecular weight is 255 g/mol. The minimum Gasteiger partial charge on any atom is -0.477 e. The normalized spacial score (nSPS) is 10.5. The first-order chi connectivity index (χ1) is 7.99. The van der Waals surface area contributed by atoms with Crippen LogP contribution in [-0.2, 0) is 0 Å². The molecule has 0 unspecified atom stereocenters. The second-order valence-corrected chi connectivity index (χ2v) is 4.54. The van der Waals surface area contributed by atoms with Crippen LogP contribution in [-0.4, -0.2) is 16.1 Å². The molecule has 0 aliphatic carbocycles. The lowest BCUT2D eigenvalue weighted by atomic mass is 10.1. The van der Waals surface area contributed by atoms with E-state index in [4.69, 9.17) is 5.11 Å². The molecule has 6 heteroatoms. The lowest BCUT2D eigenvalue weighted by Crippen LogP contribution is -1.97. The van der Waals surface area contributed by atoms with Crippen molar-refractivity contribution in [2.75, 3.05) is 0 Å². The van der Waals surface area contributed by atoms with Crippen LogP contribution < -0.4 is 0 Å². The molecular formula is C11H7F2NO2S. The summed E-state index contributed by atoms with van der Waals surface area (Å²) in [4.78, 5) is 14.9. The first-order valence-electron chi connectivity index (χ1n) is 4.65. The first-order valence-corrected chi connectivity index (χ1v) is 5.47. The van der Waals surface area contributed by atoms with Gasteiger partial charge in [-0.15, -0.1) is 11.3 Å². The maximum Gasteiger partial charge on any atom is 0.348 e. The molecule has 1 aromatic heterocycles. The van der Waals surface area contributed by atoms with E-state index in [1.807, 2.05) is 0 Å². The highest BCUT2D eigenvalue weighted by Gasteiger charge is 2.20. The number of benzene rings is 1. The van der Waals surface area contributed by atoms with E-state index in [9.17, 15) is 13.6 Å². The lowest BCUT2D eigenvalue weighted by Gasteiger charge is -2.01. The Hall–Kier alpha value is -1.82. The Bertz CT molecular complexity index is 595. The number of carboxylic acids is 1. The molecule has 2 rings (SSSR count). The zero-order valence-corrected chi connectivity index (χ0v) is 9.52. The van der Waals surface area contributed by atoms with Gasteiger partial charge in [0.2, 0.25) is 0 Å². The maximum atomic E-state index is 13.5. The molecule has 0 spiro atoms. The summed E-state index contributed by atoms with van der Waals surface area (Å²) < 4.78 is 26.3. The predicted octanol–water partition coefficient (Wildman–Crippen LogP) is 3.09. The number of carboxylic acid groups (broad SMARTS) is 1. The predicted molar refractivity (Wildman–Crippen MR) is 59.2 cm³/mol. The summed E-state index contributed by atoms with van der Waals surface area (Å²) in [6, 6.07) is 2.96. The van der Waals surface area contributed by atoms with Gasteiger partial charge in [0.15, 0.2) is 0 Å². The van der Waals surface area contributed by atoms with Crippen molar-refractivity contribution in [2.24, 2.45) is 0 Å². The van der Waals surface area contributed by atoms with Crippen molar-refractivity contribution in [3.63, 3.8) is 0 Å². The van der Waals surface area contributed by atoms with Crippen LogP contribution in [0.4, 0.5) is 8.78 Å². The SMILES string of the molecule is Cc1nc(-c2ccc(F)cc2F)c(C(=O)O)s1. The molecule has 0 radical (unpaired) electrons. The number of hydrogen-bond acceptors (Lipinski definition) is 3. The van der Waals surface area contributed by atoms with Gasteiger partial charge >= 0.3 is 5.97 Å². The van der Waals surface area contributed by atoms with Gasteiger partial charge in [-0.2, -0.15) is 0 Å². The molecule has 0 bridgehead atoms. The van der Waals surface area contributed by atoms with Crippen LogP contribution in [0.3, 0.4) is 0 Å². The van der Waals surface area contributed by atoms with Crippen LogP contribution >= 0.6 is 11.3 Å². The van der Waals surface area contributed by atoms with Crippen molar-refractivity contribution in [2.45, 2.75) is 6.92 Å². The number of hydrogen-bond donors (Lipinski definition) is 1. The molecule has 0 atom stereocenters. The zero-order valence-electron chi connectivity index (χ0n) is 8.70. The van der Waals surface area contributed by atoms with E-state index in [1.165, 1.54) is 6.07 Å². The van der Waals surface area contributed by atoms with Gasteiger partial charge in [-0.1, -0.05) is 0 Å². The van der Waals surface area contributed by atoms with Crippen molar-refractivity contribution in [1.29, 1.82) is 0 Å². The summed E-state index contributed by atoms with van der Waals surface area (Å²) in [7, 11) is 0. The summed E-state index contributed by atoms with van der Waals surface area (Å²) in [5, 5.41) is 9.47. The van der Waals surface area contributed by atoms with E-state index in [0.717, 1.165) is 17.4 Å². The van der Waals surface area contributed by atoms with Gasteiger partial charge in [-0.3, -0.25) is 0 Å². The minimum absolute atomic E-state index is 0.00634. The van der Waals surface area contributed by atoms with Crippen molar-refractivity contribution in [3.05, 3.63) is 39.7 Å². The van der Waals surface area contributed by atoms with E-state index < -0.39 is 17.6 Å². The fourth-order valence-corrected chi connectivity index (χ4v) is 2.21. The van der Waals surface area contributed by atoms with Crippen LogP contribution in [0.1, 0.15) is 14.7 Å². The van der Waals surface area contributed by atoms with Gasteiger partial charge in [0.05, 0.1) is 10.7 Å². The molecule has 0 aliphatic heterocycles. The first kappa shape index (κ1) is 11.7. The highest BCUT2D eigenvalue weighted by atomic mass is 32.1. The Morgan fingerprint density at radius 1 is 1.41 bits per heavy atom. The molecule has 3 nitrogen and oxygen atoms in total. The fourth-order valence-electron chi connectivity index (χ4n) is 1.44. The highest BCUT2D eigenvalue weighted by molar-refractivity contribution is 7.14. The van der Waals surface area contributed by atoms with Gasteiger partial charge in [-0.25, -0.2) is 18.6 Å². The maximum absolute atomic E-state index is 13.5. The van der Waals surface area contributed by atoms with Crippen LogP contribution in [0.2, 0.25) is 0 Å². The fraction of sp³-hybridized carbons (Fsp3) is 0.0909. The van der Waals surface area contributed by atoms with E-state index in [-0.39, 0.29) is 16.1 Å². The van der Waals surface area contributed by atoms with Crippen LogP contribution in [0.15, 0.2) is 18.2 Å². The molecule has 17 heavy (non-hydrogen) atoms. The van der Waals surface area contributed by atoms with Gasteiger partial charge < -0.3 is 5.11 Å². The van der Waals surface area contributed by atoms with E-state index in [1.54, 1.807) is 6.92 Å². The minimum atomic E-state index is -1.17. The average Bonchev–Trinajstić information content (AvgIpc) is 2.60. The number of nitrogens with zero attached hydrogens (tertiary/aromatic N) is 1. The van der Waals surface area contributed by atoms with Crippen LogP contribution in [0.5, 0.6) is 0 Å². The smallest absolute Gasteiger partial charge is 0.348 e. The topological polar surface area (TPSA) is 50.2 Å². The Morgan fingerprint density at radius 2 is 2.12 bits per heavy atom. The van der Waals surface area contributed by atoms with E-state index in [0.29, 0.717) is 11.1 Å². The van der Waals surface area contributed by atoms with Crippen LogP contribution in [0, 0.1) is 18.6 Å². The molecule has 88 valence electrons. The number of aromatic carboxylic acids is 1. The van der Waals surface area contributed by atoms with Crippen molar-refractivity contribution in [1.82, 2.24) is 4.98 Å². The molecule has 0 fully saturated rings. The third-order valence-corrected chi connectivity index (χ3v) is 3.07. The van der Waals surface area contributed by atoms with Gasteiger partial charge in [0, 0.05) is 11.6 Å². The van der Waals surface area contributed by atoms with Gasteiger partial charge in [-0.05, 0) is 19.1 Å². The molecule has 1 aromatic carbocycles. The number of aromatic nitrogens is 1.